The van der Waals surface area contributed by atoms with Gasteiger partial charge < -0.3 is 10.6 Å². The highest BCUT2D eigenvalue weighted by Gasteiger charge is 2.32. The van der Waals surface area contributed by atoms with E-state index in [1.807, 2.05) is 18.8 Å². The summed E-state index contributed by atoms with van der Waals surface area (Å²) < 4.78 is 0. The van der Waals surface area contributed by atoms with Crippen molar-refractivity contribution in [3.05, 3.63) is 0 Å². The fourth-order valence-corrected chi connectivity index (χ4v) is 2.99. The van der Waals surface area contributed by atoms with Crippen molar-refractivity contribution in [2.45, 2.75) is 50.5 Å². The van der Waals surface area contributed by atoms with Crippen molar-refractivity contribution in [2.24, 2.45) is 0 Å². The van der Waals surface area contributed by atoms with Crippen LogP contribution in [-0.2, 0) is 4.79 Å². The maximum atomic E-state index is 11.9. The van der Waals surface area contributed by atoms with Gasteiger partial charge in [0, 0.05) is 18.5 Å². The monoisotopic (exact) mass is 258 g/mol. The predicted molar refractivity (Wildman–Crippen MR) is 75.5 cm³/mol. The van der Waals surface area contributed by atoms with E-state index in [-0.39, 0.29) is 11.4 Å². The molecular weight excluding hydrogens is 232 g/mol. The second-order valence-electron chi connectivity index (χ2n) is 4.96. The largest absolute Gasteiger partial charge is 0.356 e. The molecule has 0 radical (unpaired) electrons. The highest BCUT2D eigenvalue weighted by atomic mass is 32.2. The molecule has 0 aliphatic heterocycles. The molecule has 1 aliphatic rings. The van der Waals surface area contributed by atoms with E-state index in [4.69, 9.17) is 0 Å². The fourth-order valence-electron chi connectivity index (χ4n) is 2.56. The van der Waals surface area contributed by atoms with Gasteiger partial charge in [-0.15, -0.1) is 0 Å². The second-order valence-corrected chi connectivity index (χ2v) is 5.95. The Morgan fingerprint density at radius 2 is 2.00 bits per heavy atom. The van der Waals surface area contributed by atoms with Crippen molar-refractivity contribution < 1.29 is 4.79 Å². The number of carbonyl (C=O) groups is 1. The lowest BCUT2D eigenvalue weighted by Gasteiger charge is -2.36. The normalized spacial score (nSPS) is 18.9. The standard InChI is InChI=1S/C13H26N2OS/c1-14-13(7-4-3-5-8-13)11-12(16)15-9-6-10-17-2/h14H,3-11H2,1-2H3,(H,15,16). The summed E-state index contributed by atoms with van der Waals surface area (Å²) in [4.78, 5) is 11.9. The third-order valence-electron chi connectivity index (χ3n) is 3.69. The Balaban J connectivity index is 2.27. The fraction of sp³-hybridized carbons (Fsp3) is 0.923. The quantitative estimate of drug-likeness (QED) is 0.688. The van der Waals surface area contributed by atoms with Crippen LogP contribution < -0.4 is 10.6 Å². The predicted octanol–water partition coefficient (Wildman–Crippen LogP) is 2.17. The number of rotatable bonds is 7. The Hall–Kier alpha value is -0.220. The highest BCUT2D eigenvalue weighted by molar-refractivity contribution is 7.98. The number of amides is 1. The summed E-state index contributed by atoms with van der Waals surface area (Å²) in [5.74, 6) is 1.33. The van der Waals surface area contributed by atoms with Gasteiger partial charge in [-0.05, 0) is 38.3 Å². The van der Waals surface area contributed by atoms with Crippen LogP contribution in [0.2, 0.25) is 0 Å². The van der Waals surface area contributed by atoms with Gasteiger partial charge in [-0.25, -0.2) is 0 Å². The van der Waals surface area contributed by atoms with Crippen molar-refractivity contribution >= 4 is 17.7 Å². The lowest BCUT2D eigenvalue weighted by Crippen LogP contribution is -2.48. The zero-order valence-corrected chi connectivity index (χ0v) is 12.0. The van der Waals surface area contributed by atoms with E-state index in [1.54, 1.807) is 0 Å². The number of carbonyl (C=O) groups excluding carboxylic acids is 1. The third kappa shape index (κ3) is 5.30. The first-order valence-electron chi connectivity index (χ1n) is 6.67. The molecule has 1 amide bonds. The molecule has 0 bridgehead atoms. The van der Waals surface area contributed by atoms with Crippen LogP contribution in [0.3, 0.4) is 0 Å². The number of thioether (sulfide) groups is 1. The lowest BCUT2D eigenvalue weighted by molar-refractivity contribution is -0.122. The zero-order valence-electron chi connectivity index (χ0n) is 11.2. The van der Waals surface area contributed by atoms with Gasteiger partial charge in [0.05, 0.1) is 0 Å². The summed E-state index contributed by atoms with van der Waals surface area (Å²) in [6.45, 7) is 0.819. The van der Waals surface area contributed by atoms with Crippen molar-refractivity contribution in [1.29, 1.82) is 0 Å². The molecule has 1 aliphatic carbocycles. The van der Waals surface area contributed by atoms with Crippen molar-refractivity contribution in [3.63, 3.8) is 0 Å². The summed E-state index contributed by atoms with van der Waals surface area (Å²) in [6, 6.07) is 0. The van der Waals surface area contributed by atoms with Gasteiger partial charge in [0.2, 0.25) is 5.91 Å². The average molecular weight is 258 g/mol. The van der Waals surface area contributed by atoms with E-state index in [0.29, 0.717) is 6.42 Å². The molecule has 1 saturated carbocycles. The van der Waals surface area contributed by atoms with E-state index in [0.717, 1.165) is 31.6 Å². The Kier molecular flexibility index (Phi) is 6.97. The molecule has 0 aromatic carbocycles. The summed E-state index contributed by atoms with van der Waals surface area (Å²) in [7, 11) is 1.99. The molecule has 1 rings (SSSR count). The lowest BCUT2D eigenvalue weighted by atomic mass is 9.79. The Morgan fingerprint density at radius 3 is 2.59 bits per heavy atom. The second kappa shape index (κ2) is 7.98. The molecule has 0 atom stereocenters. The van der Waals surface area contributed by atoms with E-state index >= 15 is 0 Å². The minimum atomic E-state index is 0.0713. The minimum absolute atomic E-state index is 0.0713. The van der Waals surface area contributed by atoms with Gasteiger partial charge >= 0.3 is 0 Å². The third-order valence-corrected chi connectivity index (χ3v) is 4.38. The van der Waals surface area contributed by atoms with Crippen molar-refractivity contribution in [3.8, 4) is 0 Å². The van der Waals surface area contributed by atoms with Crippen LogP contribution in [0.1, 0.15) is 44.9 Å². The SMILES string of the molecule is CNC1(CC(=O)NCCCSC)CCCCC1. The molecule has 0 saturated heterocycles. The number of hydrogen-bond donors (Lipinski definition) is 2. The summed E-state index contributed by atoms with van der Waals surface area (Å²) in [6.07, 6.45) is 9.91. The zero-order chi connectivity index (χ0) is 12.6. The van der Waals surface area contributed by atoms with Crippen LogP contribution in [0, 0.1) is 0 Å². The van der Waals surface area contributed by atoms with Gasteiger partial charge in [-0.3, -0.25) is 4.79 Å². The molecule has 17 heavy (non-hydrogen) atoms. The van der Waals surface area contributed by atoms with Crippen molar-refractivity contribution in [1.82, 2.24) is 10.6 Å². The first kappa shape index (κ1) is 14.8. The molecule has 2 N–H and O–H groups in total. The van der Waals surface area contributed by atoms with Crippen LogP contribution in [0.25, 0.3) is 0 Å². The molecular formula is C13H26N2OS. The topological polar surface area (TPSA) is 41.1 Å². The Morgan fingerprint density at radius 1 is 1.29 bits per heavy atom. The van der Waals surface area contributed by atoms with Crippen LogP contribution >= 0.6 is 11.8 Å². The summed E-state index contributed by atoms with van der Waals surface area (Å²) in [5.41, 5.74) is 0.0713. The van der Waals surface area contributed by atoms with Gasteiger partial charge in [0.1, 0.15) is 0 Å². The maximum absolute atomic E-state index is 11.9. The summed E-state index contributed by atoms with van der Waals surface area (Å²) >= 11 is 1.83. The first-order chi connectivity index (χ1) is 8.22. The molecule has 1 fully saturated rings. The van der Waals surface area contributed by atoms with E-state index in [2.05, 4.69) is 16.9 Å². The van der Waals surface area contributed by atoms with Crippen LogP contribution in [0.5, 0.6) is 0 Å². The molecule has 0 aromatic rings. The minimum Gasteiger partial charge on any atom is -0.356 e. The van der Waals surface area contributed by atoms with E-state index < -0.39 is 0 Å². The van der Waals surface area contributed by atoms with Gasteiger partial charge in [-0.1, -0.05) is 19.3 Å². The van der Waals surface area contributed by atoms with Crippen LogP contribution in [-0.4, -0.2) is 37.0 Å². The number of hydrogen-bond acceptors (Lipinski definition) is 3. The van der Waals surface area contributed by atoms with E-state index in [9.17, 15) is 4.79 Å². The number of nitrogens with one attached hydrogen (secondary N) is 2. The van der Waals surface area contributed by atoms with Gasteiger partial charge in [0.25, 0.3) is 0 Å². The molecule has 100 valence electrons. The smallest absolute Gasteiger partial charge is 0.221 e. The van der Waals surface area contributed by atoms with E-state index in [1.165, 1.54) is 19.3 Å². The molecule has 0 heterocycles. The Labute approximate surface area is 109 Å². The van der Waals surface area contributed by atoms with Crippen molar-refractivity contribution in [2.75, 3.05) is 25.6 Å². The molecule has 4 heteroatoms. The van der Waals surface area contributed by atoms with Gasteiger partial charge in [-0.2, -0.15) is 11.8 Å². The Bertz CT molecular complexity index is 227. The van der Waals surface area contributed by atoms with Gasteiger partial charge in [0.15, 0.2) is 0 Å². The molecule has 0 aromatic heterocycles. The van der Waals surface area contributed by atoms with Crippen LogP contribution in [0.15, 0.2) is 0 Å². The molecule has 0 unspecified atom stereocenters. The average Bonchev–Trinajstić information content (AvgIpc) is 2.36. The first-order valence-corrected chi connectivity index (χ1v) is 8.06. The molecule has 0 spiro atoms. The summed E-state index contributed by atoms with van der Waals surface area (Å²) in [5, 5.41) is 6.42. The highest BCUT2D eigenvalue weighted by Crippen LogP contribution is 2.30. The maximum Gasteiger partial charge on any atom is 0.221 e. The van der Waals surface area contributed by atoms with Crippen LogP contribution in [0.4, 0.5) is 0 Å². The molecule has 3 nitrogen and oxygen atoms in total.